The smallest absolute Gasteiger partial charge is 0.269 e. The molecule has 7 heteroatoms. The number of hydrogen-bond acceptors (Lipinski definition) is 6. The minimum atomic E-state index is -0.360. The second-order valence-corrected chi connectivity index (χ2v) is 6.23. The van der Waals surface area contributed by atoms with Crippen LogP contribution in [0.5, 0.6) is 0 Å². The van der Waals surface area contributed by atoms with Gasteiger partial charge in [0.1, 0.15) is 4.34 Å². The van der Waals surface area contributed by atoms with Gasteiger partial charge in [0.25, 0.3) is 5.69 Å². The fourth-order valence-corrected chi connectivity index (χ4v) is 3.30. The molecule has 0 saturated carbocycles. The molecular formula is C13H15N3O2S2. The molecule has 0 aliphatic carbocycles. The lowest BCUT2D eigenvalue weighted by molar-refractivity contribution is -0.384. The molecule has 0 aliphatic heterocycles. The summed E-state index contributed by atoms with van der Waals surface area (Å²) in [6.07, 6.45) is 2.77. The van der Waals surface area contributed by atoms with Crippen molar-refractivity contribution in [3.63, 3.8) is 0 Å². The van der Waals surface area contributed by atoms with Gasteiger partial charge >= 0.3 is 0 Å². The Morgan fingerprint density at radius 1 is 1.50 bits per heavy atom. The molecule has 2 rings (SSSR count). The summed E-state index contributed by atoms with van der Waals surface area (Å²) in [4.78, 5) is 14.7. The molecule has 2 aromatic rings. The molecule has 0 bridgehead atoms. The van der Waals surface area contributed by atoms with Gasteiger partial charge in [-0.25, -0.2) is 4.98 Å². The number of hydrogen-bond donors (Lipinski definition) is 1. The molecule has 0 amide bonds. The van der Waals surface area contributed by atoms with Crippen LogP contribution in [-0.4, -0.2) is 16.5 Å². The predicted molar refractivity (Wildman–Crippen MR) is 83.6 cm³/mol. The highest BCUT2D eigenvalue weighted by molar-refractivity contribution is 8.00. The van der Waals surface area contributed by atoms with Crippen molar-refractivity contribution in [2.75, 3.05) is 11.9 Å². The summed E-state index contributed by atoms with van der Waals surface area (Å²) in [5, 5.41) is 16.1. The molecule has 1 heterocycles. The third-order valence-corrected chi connectivity index (χ3v) is 4.64. The highest BCUT2D eigenvalue weighted by Gasteiger charge is 2.11. The van der Waals surface area contributed by atoms with Gasteiger partial charge in [0.2, 0.25) is 0 Å². The monoisotopic (exact) mass is 309 g/mol. The van der Waals surface area contributed by atoms with Crippen molar-refractivity contribution in [3.05, 3.63) is 45.5 Å². The van der Waals surface area contributed by atoms with Gasteiger partial charge in [0.05, 0.1) is 4.92 Å². The van der Waals surface area contributed by atoms with Crippen LogP contribution in [0.25, 0.3) is 0 Å². The Morgan fingerprint density at radius 2 is 2.35 bits per heavy atom. The van der Waals surface area contributed by atoms with Crippen molar-refractivity contribution in [3.8, 4) is 0 Å². The number of non-ortho nitro benzene ring substituents is 1. The number of rotatable bonds is 7. The Labute approximate surface area is 125 Å². The number of nitro groups is 1. The van der Waals surface area contributed by atoms with Crippen LogP contribution < -0.4 is 5.32 Å². The summed E-state index contributed by atoms with van der Waals surface area (Å²) in [7, 11) is 0. The van der Waals surface area contributed by atoms with Crippen molar-refractivity contribution >= 4 is 34.5 Å². The molecule has 0 fully saturated rings. The van der Waals surface area contributed by atoms with Crippen LogP contribution in [0.4, 0.5) is 11.4 Å². The van der Waals surface area contributed by atoms with Crippen LogP contribution in [0.1, 0.15) is 18.9 Å². The molecule has 0 atom stereocenters. The molecule has 1 aromatic heterocycles. The van der Waals surface area contributed by atoms with Gasteiger partial charge in [-0.1, -0.05) is 18.7 Å². The number of anilines is 1. The van der Waals surface area contributed by atoms with Crippen molar-refractivity contribution in [1.29, 1.82) is 0 Å². The van der Waals surface area contributed by atoms with Crippen molar-refractivity contribution in [2.24, 2.45) is 0 Å². The molecule has 0 saturated heterocycles. The first kappa shape index (κ1) is 14.8. The zero-order chi connectivity index (χ0) is 14.4. The maximum atomic E-state index is 10.9. The summed E-state index contributed by atoms with van der Waals surface area (Å²) in [6, 6.07) is 4.96. The van der Waals surface area contributed by atoms with E-state index in [-0.39, 0.29) is 10.6 Å². The number of nitrogens with one attached hydrogen (secondary N) is 1. The lowest BCUT2D eigenvalue weighted by atomic mass is 10.1. The van der Waals surface area contributed by atoms with E-state index in [2.05, 4.69) is 17.2 Å². The number of nitrogens with zero attached hydrogens (tertiary/aromatic N) is 2. The van der Waals surface area contributed by atoms with Crippen LogP contribution in [-0.2, 0) is 5.75 Å². The van der Waals surface area contributed by atoms with E-state index in [1.807, 2.05) is 5.38 Å². The molecular weight excluding hydrogens is 294 g/mol. The Kier molecular flexibility index (Phi) is 5.37. The van der Waals surface area contributed by atoms with E-state index in [4.69, 9.17) is 0 Å². The molecule has 0 unspecified atom stereocenters. The zero-order valence-electron chi connectivity index (χ0n) is 11.0. The summed E-state index contributed by atoms with van der Waals surface area (Å²) < 4.78 is 0.970. The Morgan fingerprint density at radius 3 is 3.00 bits per heavy atom. The van der Waals surface area contributed by atoms with E-state index in [1.54, 1.807) is 41.4 Å². The average molecular weight is 309 g/mol. The Bertz CT molecular complexity index is 573. The van der Waals surface area contributed by atoms with Crippen molar-refractivity contribution in [1.82, 2.24) is 4.98 Å². The van der Waals surface area contributed by atoms with Gasteiger partial charge < -0.3 is 5.32 Å². The predicted octanol–water partition coefficient (Wildman–Crippen LogP) is 4.17. The topological polar surface area (TPSA) is 68.1 Å². The van der Waals surface area contributed by atoms with Crippen LogP contribution in [0.15, 0.2) is 34.1 Å². The lowest BCUT2D eigenvalue weighted by Gasteiger charge is -2.10. The average Bonchev–Trinajstić information content (AvgIpc) is 2.96. The summed E-state index contributed by atoms with van der Waals surface area (Å²) in [6.45, 7) is 2.94. The van der Waals surface area contributed by atoms with Gasteiger partial charge in [0.15, 0.2) is 0 Å². The van der Waals surface area contributed by atoms with Gasteiger partial charge in [-0.3, -0.25) is 10.1 Å². The van der Waals surface area contributed by atoms with Crippen molar-refractivity contribution < 1.29 is 4.92 Å². The van der Waals surface area contributed by atoms with Gasteiger partial charge in [-0.05, 0) is 18.1 Å². The number of benzene rings is 1. The van der Waals surface area contributed by atoms with Crippen LogP contribution in [0, 0.1) is 10.1 Å². The van der Waals surface area contributed by atoms with E-state index < -0.39 is 0 Å². The van der Waals surface area contributed by atoms with E-state index in [1.165, 1.54) is 6.07 Å². The highest BCUT2D eigenvalue weighted by atomic mass is 32.2. The number of thioether (sulfide) groups is 1. The zero-order valence-corrected chi connectivity index (χ0v) is 12.7. The van der Waals surface area contributed by atoms with E-state index in [0.717, 1.165) is 28.6 Å². The number of aromatic nitrogens is 1. The normalized spacial score (nSPS) is 10.4. The second-order valence-electron chi connectivity index (χ2n) is 4.11. The minimum Gasteiger partial charge on any atom is -0.385 e. The van der Waals surface area contributed by atoms with E-state index in [9.17, 15) is 10.1 Å². The first-order valence-electron chi connectivity index (χ1n) is 6.24. The molecule has 20 heavy (non-hydrogen) atoms. The maximum Gasteiger partial charge on any atom is 0.269 e. The van der Waals surface area contributed by atoms with Crippen molar-refractivity contribution in [2.45, 2.75) is 23.4 Å². The summed E-state index contributed by atoms with van der Waals surface area (Å²) in [5.74, 6) is 0.668. The molecule has 106 valence electrons. The number of nitro benzene ring substituents is 1. The summed E-state index contributed by atoms with van der Waals surface area (Å²) >= 11 is 3.17. The Hall–Kier alpha value is -1.60. The first-order valence-corrected chi connectivity index (χ1v) is 8.10. The highest BCUT2D eigenvalue weighted by Crippen LogP contribution is 2.30. The second kappa shape index (κ2) is 7.25. The fraction of sp³-hybridized carbons (Fsp3) is 0.308. The Balaban J connectivity index is 2.16. The van der Waals surface area contributed by atoms with E-state index in [0.29, 0.717) is 5.75 Å². The van der Waals surface area contributed by atoms with Gasteiger partial charge in [-0.2, -0.15) is 0 Å². The molecule has 5 nitrogen and oxygen atoms in total. The van der Waals surface area contributed by atoms with Crippen LogP contribution >= 0.6 is 23.1 Å². The molecule has 0 spiro atoms. The maximum absolute atomic E-state index is 10.9. The van der Waals surface area contributed by atoms with Crippen LogP contribution in [0.3, 0.4) is 0 Å². The standard InChI is InChI=1S/C13H15N3O2S2/c1-2-5-14-12-4-3-11(16(17)18)8-10(12)9-20-13-15-6-7-19-13/h3-4,6-8,14H,2,5,9H2,1H3. The van der Waals surface area contributed by atoms with Gasteiger partial charge in [0, 0.05) is 41.7 Å². The third-order valence-electron chi connectivity index (χ3n) is 2.63. The minimum absolute atomic E-state index is 0.127. The largest absolute Gasteiger partial charge is 0.385 e. The van der Waals surface area contributed by atoms with Gasteiger partial charge in [-0.15, -0.1) is 11.3 Å². The third kappa shape index (κ3) is 3.94. The summed E-state index contributed by atoms with van der Waals surface area (Å²) in [5.41, 5.74) is 2.02. The molecule has 0 radical (unpaired) electrons. The SMILES string of the molecule is CCCNc1ccc([N+](=O)[O-])cc1CSc1nccs1. The lowest BCUT2D eigenvalue weighted by Crippen LogP contribution is -2.03. The quantitative estimate of drug-likeness (QED) is 0.472. The fourth-order valence-electron chi connectivity index (χ4n) is 1.67. The number of thiazole rings is 1. The molecule has 0 aliphatic rings. The van der Waals surface area contributed by atoms with Crippen LogP contribution in [0.2, 0.25) is 0 Å². The molecule has 1 aromatic carbocycles. The first-order chi connectivity index (χ1) is 9.70. The van der Waals surface area contributed by atoms with E-state index >= 15 is 0 Å². The molecule has 1 N–H and O–H groups in total.